The molecule has 0 aromatic carbocycles. The maximum Gasteiger partial charge on any atom is 0.0105 e. The van der Waals surface area contributed by atoms with Gasteiger partial charge in [-0.05, 0) is 51.2 Å². The zero-order valence-electron chi connectivity index (χ0n) is 13.2. The van der Waals surface area contributed by atoms with Crippen molar-refractivity contribution in [3.8, 4) is 0 Å². The molecule has 0 aliphatic carbocycles. The largest absolute Gasteiger partial charge is 0.316 e. The SMILES string of the molecule is CCCCNCC(CCC)C(CC)NCCCC. The van der Waals surface area contributed by atoms with Crippen LogP contribution in [0.4, 0.5) is 0 Å². The summed E-state index contributed by atoms with van der Waals surface area (Å²) >= 11 is 0. The van der Waals surface area contributed by atoms with Crippen LogP contribution in [0.3, 0.4) is 0 Å². The summed E-state index contributed by atoms with van der Waals surface area (Å²) in [7, 11) is 0. The van der Waals surface area contributed by atoms with Crippen LogP contribution in [-0.4, -0.2) is 25.7 Å². The normalized spacial score (nSPS) is 14.7. The Balaban J connectivity index is 3.98. The molecule has 0 spiro atoms. The molecule has 18 heavy (non-hydrogen) atoms. The first-order valence-electron chi connectivity index (χ1n) is 8.24. The van der Waals surface area contributed by atoms with Gasteiger partial charge in [0, 0.05) is 6.04 Å². The fraction of sp³-hybridized carbons (Fsp3) is 1.00. The van der Waals surface area contributed by atoms with E-state index >= 15 is 0 Å². The number of nitrogens with one attached hydrogen (secondary N) is 2. The highest BCUT2D eigenvalue weighted by molar-refractivity contribution is 4.77. The van der Waals surface area contributed by atoms with E-state index in [2.05, 4.69) is 38.3 Å². The van der Waals surface area contributed by atoms with Crippen LogP contribution in [0.5, 0.6) is 0 Å². The molecular formula is C16H36N2. The van der Waals surface area contributed by atoms with Gasteiger partial charge in [-0.1, -0.05) is 47.0 Å². The Morgan fingerprint density at radius 3 is 2.06 bits per heavy atom. The Bertz CT molecular complexity index is 159. The van der Waals surface area contributed by atoms with Gasteiger partial charge in [0.1, 0.15) is 0 Å². The summed E-state index contributed by atoms with van der Waals surface area (Å²) in [6.07, 6.45) is 9.08. The Morgan fingerprint density at radius 1 is 0.833 bits per heavy atom. The topological polar surface area (TPSA) is 24.1 Å². The van der Waals surface area contributed by atoms with Gasteiger partial charge in [0.25, 0.3) is 0 Å². The Morgan fingerprint density at radius 2 is 1.50 bits per heavy atom. The van der Waals surface area contributed by atoms with Crippen molar-refractivity contribution < 1.29 is 0 Å². The molecule has 0 aliphatic rings. The summed E-state index contributed by atoms with van der Waals surface area (Å²) in [6.45, 7) is 12.7. The molecular weight excluding hydrogens is 220 g/mol. The summed E-state index contributed by atoms with van der Waals surface area (Å²) in [5.74, 6) is 0.800. The van der Waals surface area contributed by atoms with E-state index in [1.165, 1.54) is 64.6 Å². The third-order valence-electron chi connectivity index (χ3n) is 3.72. The third-order valence-corrected chi connectivity index (χ3v) is 3.72. The molecule has 0 bridgehead atoms. The molecule has 2 atom stereocenters. The maximum atomic E-state index is 3.76. The van der Waals surface area contributed by atoms with E-state index in [9.17, 15) is 0 Å². The van der Waals surface area contributed by atoms with Crippen LogP contribution in [0.15, 0.2) is 0 Å². The molecule has 110 valence electrons. The molecule has 2 heteroatoms. The zero-order valence-corrected chi connectivity index (χ0v) is 13.2. The highest BCUT2D eigenvalue weighted by atomic mass is 14.9. The van der Waals surface area contributed by atoms with Crippen molar-refractivity contribution in [2.24, 2.45) is 5.92 Å². The molecule has 0 amide bonds. The lowest BCUT2D eigenvalue weighted by Crippen LogP contribution is -2.41. The number of unbranched alkanes of at least 4 members (excludes halogenated alkanes) is 2. The summed E-state index contributed by atoms with van der Waals surface area (Å²) in [6, 6.07) is 0.700. The molecule has 2 unspecified atom stereocenters. The first kappa shape index (κ1) is 17.9. The third kappa shape index (κ3) is 8.93. The van der Waals surface area contributed by atoms with Gasteiger partial charge >= 0.3 is 0 Å². The first-order chi connectivity index (χ1) is 8.79. The van der Waals surface area contributed by atoms with Crippen LogP contribution in [0.1, 0.15) is 72.6 Å². The molecule has 0 heterocycles. The minimum absolute atomic E-state index is 0.700. The van der Waals surface area contributed by atoms with Crippen LogP contribution >= 0.6 is 0 Å². The second-order valence-corrected chi connectivity index (χ2v) is 5.43. The predicted molar refractivity (Wildman–Crippen MR) is 83.2 cm³/mol. The minimum Gasteiger partial charge on any atom is -0.316 e. The van der Waals surface area contributed by atoms with Gasteiger partial charge in [0.05, 0.1) is 0 Å². The molecule has 0 aromatic rings. The monoisotopic (exact) mass is 256 g/mol. The lowest BCUT2D eigenvalue weighted by molar-refractivity contribution is 0.308. The van der Waals surface area contributed by atoms with Crippen LogP contribution < -0.4 is 10.6 Å². The Hall–Kier alpha value is -0.0800. The standard InChI is InChI=1S/C16H36N2/c1-5-9-12-17-14-15(11-7-3)16(8-4)18-13-10-6-2/h15-18H,5-14H2,1-4H3. The number of rotatable bonds is 13. The van der Waals surface area contributed by atoms with E-state index in [0.29, 0.717) is 6.04 Å². The molecule has 2 nitrogen and oxygen atoms in total. The Labute approximate surface area is 115 Å². The van der Waals surface area contributed by atoms with Crippen molar-refractivity contribution in [1.82, 2.24) is 10.6 Å². The average Bonchev–Trinajstić information content (AvgIpc) is 2.39. The van der Waals surface area contributed by atoms with Gasteiger partial charge in [-0.15, -0.1) is 0 Å². The molecule has 0 fully saturated rings. The van der Waals surface area contributed by atoms with Crippen molar-refractivity contribution in [1.29, 1.82) is 0 Å². The smallest absolute Gasteiger partial charge is 0.0105 e. The van der Waals surface area contributed by atoms with E-state index in [0.717, 1.165) is 5.92 Å². The fourth-order valence-electron chi connectivity index (χ4n) is 2.51. The van der Waals surface area contributed by atoms with Crippen molar-refractivity contribution in [2.75, 3.05) is 19.6 Å². The fourth-order valence-corrected chi connectivity index (χ4v) is 2.51. The molecule has 0 radical (unpaired) electrons. The van der Waals surface area contributed by atoms with Gasteiger partial charge in [-0.25, -0.2) is 0 Å². The van der Waals surface area contributed by atoms with Crippen molar-refractivity contribution >= 4 is 0 Å². The molecule has 0 aliphatic heterocycles. The van der Waals surface area contributed by atoms with E-state index < -0.39 is 0 Å². The molecule has 0 rings (SSSR count). The lowest BCUT2D eigenvalue weighted by atomic mass is 9.92. The molecule has 0 aromatic heterocycles. The highest BCUT2D eigenvalue weighted by Gasteiger charge is 2.17. The van der Waals surface area contributed by atoms with E-state index in [4.69, 9.17) is 0 Å². The minimum atomic E-state index is 0.700. The van der Waals surface area contributed by atoms with Crippen molar-refractivity contribution in [3.05, 3.63) is 0 Å². The van der Waals surface area contributed by atoms with Crippen LogP contribution in [0.2, 0.25) is 0 Å². The molecule has 2 N–H and O–H groups in total. The van der Waals surface area contributed by atoms with E-state index in [1.807, 2.05) is 0 Å². The second-order valence-electron chi connectivity index (χ2n) is 5.43. The van der Waals surface area contributed by atoms with Gasteiger partial charge in [0.15, 0.2) is 0 Å². The zero-order chi connectivity index (χ0) is 13.6. The average molecular weight is 256 g/mol. The predicted octanol–water partition coefficient (Wildman–Crippen LogP) is 3.96. The second kappa shape index (κ2) is 13.4. The number of hydrogen-bond acceptors (Lipinski definition) is 2. The van der Waals surface area contributed by atoms with Crippen LogP contribution in [-0.2, 0) is 0 Å². The highest BCUT2D eigenvalue weighted by Crippen LogP contribution is 2.14. The summed E-state index contributed by atoms with van der Waals surface area (Å²) in [5.41, 5.74) is 0. The van der Waals surface area contributed by atoms with Gasteiger partial charge in [-0.2, -0.15) is 0 Å². The van der Waals surface area contributed by atoms with Gasteiger partial charge in [0.2, 0.25) is 0 Å². The molecule has 0 saturated carbocycles. The lowest BCUT2D eigenvalue weighted by Gasteiger charge is -2.27. The maximum absolute atomic E-state index is 3.76. The molecule has 0 saturated heterocycles. The summed E-state index contributed by atoms with van der Waals surface area (Å²) < 4.78 is 0. The van der Waals surface area contributed by atoms with Gasteiger partial charge < -0.3 is 10.6 Å². The van der Waals surface area contributed by atoms with E-state index in [-0.39, 0.29) is 0 Å². The first-order valence-corrected chi connectivity index (χ1v) is 8.24. The Kier molecular flexibility index (Phi) is 13.3. The van der Waals surface area contributed by atoms with Crippen LogP contribution in [0.25, 0.3) is 0 Å². The van der Waals surface area contributed by atoms with E-state index in [1.54, 1.807) is 0 Å². The van der Waals surface area contributed by atoms with Crippen LogP contribution in [0, 0.1) is 5.92 Å². The van der Waals surface area contributed by atoms with Gasteiger partial charge in [-0.3, -0.25) is 0 Å². The number of hydrogen-bond donors (Lipinski definition) is 2. The summed E-state index contributed by atoms with van der Waals surface area (Å²) in [4.78, 5) is 0. The van der Waals surface area contributed by atoms with Crippen molar-refractivity contribution in [2.45, 2.75) is 78.7 Å². The summed E-state index contributed by atoms with van der Waals surface area (Å²) in [5, 5.41) is 7.39. The van der Waals surface area contributed by atoms with Crippen molar-refractivity contribution in [3.63, 3.8) is 0 Å². The quantitative estimate of drug-likeness (QED) is 0.487.